The van der Waals surface area contributed by atoms with Crippen LogP contribution in [0.2, 0.25) is 0 Å². The number of carbonyl (C=O) groups excluding carboxylic acids is 1. The predicted molar refractivity (Wildman–Crippen MR) is 61.8 cm³/mol. The van der Waals surface area contributed by atoms with Crippen molar-refractivity contribution in [3.05, 3.63) is 35.4 Å². The smallest absolute Gasteiger partial charge is 0.168 e. The minimum Gasteiger partial charge on any atom is -0.294 e. The monoisotopic (exact) mass is 238 g/mol. The zero-order chi connectivity index (χ0) is 12.4. The molecule has 0 spiro atoms. The van der Waals surface area contributed by atoms with E-state index in [0.717, 1.165) is 37.8 Å². The summed E-state index contributed by atoms with van der Waals surface area (Å²) >= 11 is 0. The molecule has 2 rings (SSSR count). The third-order valence-electron chi connectivity index (χ3n) is 3.50. The van der Waals surface area contributed by atoms with E-state index in [-0.39, 0.29) is 17.3 Å². The number of carbonyl (C=O) groups is 1. The van der Waals surface area contributed by atoms with Crippen LogP contribution in [-0.4, -0.2) is 5.78 Å². The van der Waals surface area contributed by atoms with E-state index >= 15 is 0 Å². The zero-order valence-electron chi connectivity index (χ0n) is 9.88. The summed E-state index contributed by atoms with van der Waals surface area (Å²) in [5, 5.41) is 0. The Balaban J connectivity index is 2.18. The number of hydrogen-bond donors (Lipinski definition) is 0. The van der Waals surface area contributed by atoms with Crippen molar-refractivity contribution in [3.63, 3.8) is 0 Å². The van der Waals surface area contributed by atoms with E-state index in [9.17, 15) is 13.6 Å². The van der Waals surface area contributed by atoms with Crippen molar-refractivity contribution in [1.82, 2.24) is 0 Å². The first-order chi connectivity index (χ1) is 8.08. The lowest BCUT2D eigenvalue weighted by Gasteiger charge is -2.25. The summed E-state index contributed by atoms with van der Waals surface area (Å²) in [4.78, 5) is 12.1. The number of halogens is 2. The van der Waals surface area contributed by atoms with E-state index in [0.29, 0.717) is 5.92 Å². The third kappa shape index (κ3) is 2.71. The van der Waals surface area contributed by atoms with Crippen LogP contribution in [0.1, 0.15) is 43.0 Å². The molecule has 1 saturated carbocycles. The lowest BCUT2D eigenvalue weighted by molar-refractivity contribution is 0.0864. The minimum atomic E-state index is -0.742. The fourth-order valence-electron chi connectivity index (χ4n) is 2.58. The first-order valence-electron chi connectivity index (χ1n) is 6.07. The predicted octanol–water partition coefficient (Wildman–Crippen LogP) is 3.97. The Morgan fingerprint density at radius 2 is 2.06 bits per heavy atom. The van der Waals surface area contributed by atoms with Gasteiger partial charge in [0, 0.05) is 12.0 Å². The van der Waals surface area contributed by atoms with Crippen LogP contribution in [0.5, 0.6) is 0 Å². The summed E-state index contributed by atoms with van der Waals surface area (Å²) in [5.41, 5.74) is 0.0329. The molecule has 92 valence electrons. The highest BCUT2D eigenvalue weighted by molar-refractivity contribution is 5.98. The number of Topliss-reactive ketones (excluding diaryl/α,β-unsaturated/α-hetero) is 1. The Bertz CT molecular complexity index is 428. The Morgan fingerprint density at radius 1 is 1.29 bits per heavy atom. The average molecular weight is 238 g/mol. The molecule has 0 radical (unpaired) electrons. The number of rotatable bonds is 2. The van der Waals surface area contributed by atoms with Gasteiger partial charge in [-0.2, -0.15) is 0 Å². The highest BCUT2D eigenvalue weighted by Crippen LogP contribution is 2.31. The molecule has 0 heterocycles. The molecule has 2 unspecified atom stereocenters. The molecule has 3 heteroatoms. The van der Waals surface area contributed by atoms with Gasteiger partial charge in [-0.25, -0.2) is 8.78 Å². The van der Waals surface area contributed by atoms with Crippen LogP contribution in [0.3, 0.4) is 0 Å². The molecule has 1 fully saturated rings. The van der Waals surface area contributed by atoms with Crippen LogP contribution in [0.25, 0.3) is 0 Å². The molecule has 1 aromatic carbocycles. The SMILES string of the molecule is CC1CCCC(C(=O)c2ccc(F)cc2F)C1. The van der Waals surface area contributed by atoms with E-state index in [1.807, 2.05) is 0 Å². The fourth-order valence-corrected chi connectivity index (χ4v) is 2.58. The Hall–Kier alpha value is -1.25. The maximum absolute atomic E-state index is 13.5. The molecule has 1 aliphatic rings. The molecule has 0 saturated heterocycles. The third-order valence-corrected chi connectivity index (χ3v) is 3.50. The Morgan fingerprint density at radius 3 is 2.71 bits per heavy atom. The van der Waals surface area contributed by atoms with Gasteiger partial charge in [0.1, 0.15) is 11.6 Å². The van der Waals surface area contributed by atoms with Crippen LogP contribution >= 0.6 is 0 Å². The first-order valence-corrected chi connectivity index (χ1v) is 6.07. The lowest BCUT2D eigenvalue weighted by Crippen LogP contribution is -2.22. The largest absolute Gasteiger partial charge is 0.294 e. The second-order valence-electron chi connectivity index (χ2n) is 4.96. The lowest BCUT2D eigenvalue weighted by atomic mass is 9.79. The Labute approximate surface area is 99.8 Å². The molecule has 0 N–H and O–H groups in total. The fraction of sp³-hybridized carbons (Fsp3) is 0.500. The summed E-state index contributed by atoms with van der Waals surface area (Å²) in [6.07, 6.45) is 3.78. The highest BCUT2D eigenvalue weighted by atomic mass is 19.1. The summed E-state index contributed by atoms with van der Waals surface area (Å²) in [7, 11) is 0. The second kappa shape index (κ2) is 4.94. The van der Waals surface area contributed by atoms with Crippen molar-refractivity contribution in [1.29, 1.82) is 0 Å². The minimum absolute atomic E-state index is 0.0329. The molecular weight excluding hydrogens is 222 g/mol. The van der Waals surface area contributed by atoms with E-state index in [1.54, 1.807) is 0 Å². The molecule has 0 amide bonds. The van der Waals surface area contributed by atoms with Gasteiger partial charge >= 0.3 is 0 Å². The van der Waals surface area contributed by atoms with Gasteiger partial charge in [0.05, 0.1) is 5.56 Å². The maximum Gasteiger partial charge on any atom is 0.168 e. The van der Waals surface area contributed by atoms with Crippen LogP contribution in [0.4, 0.5) is 8.78 Å². The number of ketones is 1. The standard InChI is InChI=1S/C14H16F2O/c1-9-3-2-4-10(7-9)14(17)12-6-5-11(15)8-13(12)16/h5-6,8-10H,2-4,7H2,1H3. The van der Waals surface area contributed by atoms with Crippen molar-refractivity contribution in [2.24, 2.45) is 11.8 Å². The van der Waals surface area contributed by atoms with E-state index in [1.165, 1.54) is 6.07 Å². The average Bonchev–Trinajstić information content (AvgIpc) is 2.28. The molecule has 0 aliphatic heterocycles. The van der Waals surface area contributed by atoms with Crippen LogP contribution in [-0.2, 0) is 0 Å². The zero-order valence-corrected chi connectivity index (χ0v) is 9.88. The van der Waals surface area contributed by atoms with Crippen LogP contribution in [0.15, 0.2) is 18.2 Å². The molecule has 1 aliphatic carbocycles. The molecular formula is C14H16F2O. The van der Waals surface area contributed by atoms with E-state index in [2.05, 4.69) is 6.92 Å². The molecule has 1 nitrogen and oxygen atoms in total. The van der Waals surface area contributed by atoms with Gasteiger partial charge in [-0.15, -0.1) is 0 Å². The van der Waals surface area contributed by atoms with Gasteiger partial charge in [-0.1, -0.05) is 19.8 Å². The number of benzene rings is 1. The Kier molecular flexibility index (Phi) is 3.55. The van der Waals surface area contributed by atoms with Crippen molar-refractivity contribution in [2.45, 2.75) is 32.6 Å². The number of hydrogen-bond acceptors (Lipinski definition) is 1. The van der Waals surface area contributed by atoms with E-state index in [4.69, 9.17) is 0 Å². The van der Waals surface area contributed by atoms with Crippen LogP contribution < -0.4 is 0 Å². The van der Waals surface area contributed by atoms with Gasteiger partial charge < -0.3 is 0 Å². The summed E-state index contributed by atoms with van der Waals surface area (Å²) in [5.74, 6) is -1.14. The van der Waals surface area contributed by atoms with Gasteiger partial charge in [0.15, 0.2) is 5.78 Å². The normalized spacial score (nSPS) is 24.6. The van der Waals surface area contributed by atoms with Crippen LogP contribution in [0, 0.1) is 23.5 Å². The van der Waals surface area contributed by atoms with Crippen molar-refractivity contribution >= 4 is 5.78 Å². The van der Waals surface area contributed by atoms with E-state index < -0.39 is 11.6 Å². The molecule has 1 aromatic rings. The first kappa shape index (κ1) is 12.2. The van der Waals surface area contributed by atoms with Gasteiger partial charge in [-0.05, 0) is 30.9 Å². The van der Waals surface area contributed by atoms with Gasteiger partial charge in [0.2, 0.25) is 0 Å². The van der Waals surface area contributed by atoms with Crippen molar-refractivity contribution < 1.29 is 13.6 Å². The molecule has 0 bridgehead atoms. The molecule has 17 heavy (non-hydrogen) atoms. The molecule has 0 aromatic heterocycles. The second-order valence-corrected chi connectivity index (χ2v) is 4.96. The summed E-state index contributed by atoms with van der Waals surface area (Å²) < 4.78 is 26.3. The van der Waals surface area contributed by atoms with Gasteiger partial charge in [0.25, 0.3) is 0 Å². The van der Waals surface area contributed by atoms with Crippen molar-refractivity contribution in [3.8, 4) is 0 Å². The topological polar surface area (TPSA) is 17.1 Å². The molecule has 2 atom stereocenters. The summed E-state index contributed by atoms with van der Waals surface area (Å²) in [6, 6.07) is 3.17. The highest BCUT2D eigenvalue weighted by Gasteiger charge is 2.27. The van der Waals surface area contributed by atoms with Crippen molar-refractivity contribution in [2.75, 3.05) is 0 Å². The summed E-state index contributed by atoms with van der Waals surface area (Å²) in [6.45, 7) is 2.11. The quantitative estimate of drug-likeness (QED) is 0.712. The maximum atomic E-state index is 13.5. The van der Waals surface area contributed by atoms with Gasteiger partial charge in [-0.3, -0.25) is 4.79 Å².